The summed E-state index contributed by atoms with van der Waals surface area (Å²) in [7, 11) is 0. The molecule has 0 atom stereocenters. The van der Waals surface area contributed by atoms with E-state index in [1.807, 2.05) is 37.3 Å². The van der Waals surface area contributed by atoms with Crippen LogP contribution in [0.3, 0.4) is 0 Å². The van der Waals surface area contributed by atoms with Gasteiger partial charge in [0, 0.05) is 23.5 Å². The molecule has 2 aromatic carbocycles. The Kier molecular flexibility index (Phi) is 8.48. The minimum absolute atomic E-state index is 0. The van der Waals surface area contributed by atoms with Crippen LogP contribution < -0.4 is 14.8 Å². The Bertz CT molecular complexity index is 763. The van der Waals surface area contributed by atoms with Crippen LogP contribution in [0.25, 0.3) is 0 Å². The van der Waals surface area contributed by atoms with Crippen molar-refractivity contribution in [2.75, 3.05) is 6.61 Å². The highest BCUT2D eigenvalue weighted by atomic mass is 35.5. The predicted molar refractivity (Wildman–Crippen MR) is 110 cm³/mol. The first-order chi connectivity index (χ1) is 12.4. The van der Waals surface area contributed by atoms with E-state index in [2.05, 4.69) is 41.0 Å². The second-order valence-electron chi connectivity index (χ2n) is 5.63. The van der Waals surface area contributed by atoms with Crippen molar-refractivity contribution in [3.05, 3.63) is 82.0 Å². The number of nitrogens with one attached hydrogen (secondary N) is 1. The molecule has 1 heterocycles. The third kappa shape index (κ3) is 5.77. The van der Waals surface area contributed by atoms with E-state index in [0.717, 1.165) is 35.7 Å². The van der Waals surface area contributed by atoms with Gasteiger partial charge >= 0.3 is 0 Å². The summed E-state index contributed by atoms with van der Waals surface area (Å²) >= 11 is 1.76. The SMILES string of the molecule is CCOc1cccc(CNCc2cccs2)c1OCc1ccccc1.Cl. The summed E-state index contributed by atoms with van der Waals surface area (Å²) in [6.45, 7) is 4.73. The highest BCUT2D eigenvalue weighted by molar-refractivity contribution is 7.09. The molecule has 0 bridgehead atoms. The van der Waals surface area contributed by atoms with Gasteiger partial charge in [0.25, 0.3) is 0 Å². The Balaban J connectivity index is 0.00000243. The summed E-state index contributed by atoms with van der Waals surface area (Å²) in [5, 5.41) is 5.59. The van der Waals surface area contributed by atoms with E-state index >= 15 is 0 Å². The van der Waals surface area contributed by atoms with Crippen LogP contribution in [-0.2, 0) is 19.7 Å². The number of hydrogen-bond donors (Lipinski definition) is 1. The molecule has 0 radical (unpaired) electrons. The molecule has 1 N–H and O–H groups in total. The zero-order valence-corrected chi connectivity index (χ0v) is 16.4. The average Bonchev–Trinajstić information content (AvgIpc) is 3.16. The molecule has 0 amide bonds. The highest BCUT2D eigenvalue weighted by Gasteiger charge is 2.11. The highest BCUT2D eigenvalue weighted by Crippen LogP contribution is 2.32. The number of para-hydroxylation sites is 1. The third-order valence-electron chi connectivity index (χ3n) is 3.78. The van der Waals surface area contributed by atoms with E-state index in [9.17, 15) is 0 Å². The first kappa shape index (κ1) is 20.3. The van der Waals surface area contributed by atoms with Crippen LogP contribution in [0.2, 0.25) is 0 Å². The van der Waals surface area contributed by atoms with Gasteiger partial charge in [-0.1, -0.05) is 48.5 Å². The fourth-order valence-electron chi connectivity index (χ4n) is 2.60. The minimum Gasteiger partial charge on any atom is -0.490 e. The zero-order chi connectivity index (χ0) is 17.3. The van der Waals surface area contributed by atoms with E-state index in [0.29, 0.717) is 13.2 Å². The molecule has 0 fully saturated rings. The van der Waals surface area contributed by atoms with Gasteiger partial charge in [-0.3, -0.25) is 0 Å². The van der Waals surface area contributed by atoms with Crippen molar-refractivity contribution in [1.29, 1.82) is 0 Å². The normalized spacial score (nSPS) is 10.2. The number of hydrogen-bond acceptors (Lipinski definition) is 4. The van der Waals surface area contributed by atoms with Gasteiger partial charge in [0.15, 0.2) is 11.5 Å². The Morgan fingerprint density at radius 2 is 1.73 bits per heavy atom. The quantitative estimate of drug-likeness (QED) is 0.528. The van der Waals surface area contributed by atoms with Crippen LogP contribution in [0, 0.1) is 0 Å². The summed E-state index contributed by atoms with van der Waals surface area (Å²) in [5.74, 6) is 1.63. The molecule has 5 heteroatoms. The molecule has 3 aromatic rings. The largest absolute Gasteiger partial charge is 0.490 e. The lowest BCUT2D eigenvalue weighted by Crippen LogP contribution is -2.13. The number of benzene rings is 2. The molecule has 1 aromatic heterocycles. The Morgan fingerprint density at radius 3 is 2.46 bits per heavy atom. The Hall–Kier alpha value is -2.01. The molecule has 0 spiro atoms. The minimum atomic E-state index is 0. The standard InChI is InChI=1S/C21H23NO2S.ClH/c1-2-23-20-12-6-10-18(14-22-15-19-11-7-13-25-19)21(20)24-16-17-8-4-3-5-9-17;/h3-13,22H,2,14-16H2,1H3;1H. The van der Waals surface area contributed by atoms with Crippen molar-refractivity contribution in [2.45, 2.75) is 26.6 Å². The van der Waals surface area contributed by atoms with Gasteiger partial charge < -0.3 is 14.8 Å². The van der Waals surface area contributed by atoms with Gasteiger partial charge in [0.2, 0.25) is 0 Å². The first-order valence-corrected chi connectivity index (χ1v) is 9.39. The lowest BCUT2D eigenvalue weighted by Gasteiger charge is -2.16. The maximum Gasteiger partial charge on any atom is 0.166 e. The summed E-state index contributed by atoms with van der Waals surface area (Å²) in [5.41, 5.74) is 2.25. The Morgan fingerprint density at radius 1 is 0.885 bits per heavy atom. The van der Waals surface area contributed by atoms with E-state index in [4.69, 9.17) is 9.47 Å². The van der Waals surface area contributed by atoms with Crippen LogP contribution in [-0.4, -0.2) is 6.61 Å². The van der Waals surface area contributed by atoms with Crippen LogP contribution in [0.5, 0.6) is 11.5 Å². The van der Waals surface area contributed by atoms with Crippen molar-refractivity contribution in [3.8, 4) is 11.5 Å². The molecule has 0 aliphatic carbocycles. The monoisotopic (exact) mass is 389 g/mol. The molecule has 3 nitrogen and oxygen atoms in total. The van der Waals surface area contributed by atoms with Crippen LogP contribution in [0.4, 0.5) is 0 Å². The summed E-state index contributed by atoms with van der Waals surface area (Å²) in [6.07, 6.45) is 0. The second-order valence-corrected chi connectivity index (χ2v) is 6.67. The second kappa shape index (κ2) is 10.9. The number of rotatable bonds is 9. The maximum absolute atomic E-state index is 6.13. The fourth-order valence-corrected chi connectivity index (χ4v) is 3.27. The van der Waals surface area contributed by atoms with Crippen LogP contribution in [0.15, 0.2) is 66.0 Å². The van der Waals surface area contributed by atoms with Gasteiger partial charge in [-0.05, 0) is 30.0 Å². The summed E-state index contributed by atoms with van der Waals surface area (Å²) in [6, 6.07) is 20.5. The molecule has 3 rings (SSSR count). The fraction of sp³-hybridized carbons (Fsp3) is 0.238. The number of thiophene rings is 1. The van der Waals surface area contributed by atoms with E-state index < -0.39 is 0 Å². The number of halogens is 1. The summed E-state index contributed by atoms with van der Waals surface area (Å²) < 4.78 is 11.9. The topological polar surface area (TPSA) is 30.5 Å². The molecule has 0 saturated heterocycles. The van der Waals surface area contributed by atoms with Crippen molar-refractivity contribution >= 4 is 23.7 Å². The maximum atomic E-state index is 6.13. The van der Waals surface area contributed by atoms with Gasteiger partial charge in [0.1, 0.15) is 6.61 Å². The van der Waals surface area contributed by atoms with Crippen molar-refractivity contribution in [3.63, 3.8) is 0 Å². The first-order valence-electron chi connectivity index (χ1n) is 8.51. The smallest absolute Gasteiger partial charge is 0.166 e. The van der Waals surface area contributed by atoms with Gasteiger partial charge in [-0.15, -0.1) is 23.7 Å². The van der Waals surface area contributed by atoms with Crippen molar-refractivity contribution in [2.24, 2.45) is 0 Å². The lowest BCUT2D eigenvalue weighted by atomic mass is 10.1. The van der Waals surface area contributed by atoms with Crippen LogP contribution >= 0.6 is 23.7 Å². The van der Waals surface area contributed by atoms with Gasteiger partial charge in [-0.2, -0.15) is 0 Å². The van der Waals surface area contributed by atoms with E-state index in [1.54, 1.807) is 11.3 Å². The average molecular weight is 390 g/mol. The zero-order valence-electron chi connectivity index (χ0n) is 14.8. The van der Waals surface area contributed by atoms with Crippen LogP contribution in [0.1, 0.15) is 22.9 Å². The third-order valence-corrected chi connectivity index (χ3v) is 4.66. The summed E-state index contributed by atoms with van der Waals surface area (Å²) in [4.78, 5) is 1.33. The van der Waals surface area contributed by atoms with E-state index in [-0.39, 0.29) is 12.4 Å². The molecular formula is C21H24ClNO2S. The molecule has 26 heavy (non-hydrogen) atoms. The number of ether oxygens (including phenoxy) is 2. The van der Waals surface area contributed by atoms with Crippen molar-refractivity contribution in [1.82, 2.24) is 5.32 Å². The molecular weight excluding hydrogens is 366 g/mol. The molecule has 0 saturated carbocycles. The predicted octanol–water partition coefficient (Wildman–Crippen LogP) is 5.44. The molecule has 138 valence electrons. The lowest BCUT2D eigenvalue weighted by molar-refractivity contribution is 0.266. The van der Waals surface area contributed by atoms with Crippen molar-refractivity contribution < 1.29 is 9.47 Å². The molecule has 0 aliphatic heterocycles. The van der Waals surface area contributed by atoms with Gasteiger partial charge in [-0.25, -0.2) is 0 Å². The Labute approximate surface area is 165 Å². The van der Waals surface area contributed by atoms with E-state index in [1.165, 1.54) is 4.88 Å². The molecule has 0 unspecified atom stereocenters. The van der Waals surface area contributed by atoms with Gasteiger partial charge in [0.05, 0.1) is 6.61 Å². The molecule has 0 aliphatic rings.